The number of rotatable bonds is 4. The van der Waals surface area contributed by atoms with E-state index in [2.05, 4.69) is 41.6 Å². The molecule has 1 aromatic carbocycles. The van der Waals surface area contributed by atoms with Crippen molar-refractivity contribution in [1.82, 2.24) is 15.2 Å². The van der Waals surface area contributed by atoms with Crippen molar-refractivity contribution in [3.8, 4) is 0 Å². The van der Waals surface area contributed by atoms with Gasteiger partial charge in [-0.3, -0.25) is 9.89 Å². The van der Waals surface area contributed by atoms with Gasteiger partial charge < -0.3 is 10.2 Å². The number of H-pyrrole nitrogens is 1. The van der Waals surface area contributed by atoms with E-state index in [4.69, 9.17) is 4.84 Å². The van der Waals surface area contributed by atoms with Gasteiger partial charge in [0.15, 0.2) is 11.5 Å². The molecule has 0 saturated heterocycles. The predicted molar refractivity (Wildman–Crippen MR) is 110 cm³/mol. The molecule has 1 aliphatic heterocycles. The molecule has 1 amide bonds. The minimum Gasteiger partial charge on any atom is -0.382 e. The Morgan fingerprint density at radius 2 is 2.06 bits per heavy atom. The molecule has 1 unspecified atom stereocenters. The molecule has 2 aromatic heterocycles. The minimum atomic E-state index is -4.57. The molecule has 11 heteroatoms. The summed E-state index contributed by atoms with van der Waals surface area (Å²) in [6.07, 6.45) is -3.61. The van der Waals surface area contributed by atoms with Crippen LogP contribution in [0.15, 0.2) is 40.0 Å². The Balaban J connectivity index is 1.38. The Kier molecular flexibility index (Phi) is 4.72. The fourth-order valence-electron chi connectivity index (χ4n) is 3.56. The lowest BCUT2D eigenvalue weighted by Crippen LogP contribution is -2.28. The van der Waals surface area contributed by atoms with Crippen LogP contribution in [-0.2, 0) is 15.8 Å². The Hall–Kier alpha value is -2.95. The number of hydrogen-bond acceptors (Lipinski definition) is 5. The van der Waals surface area contributed by atoms with Crippen molar-refractivity contribution in [1.29, 1.82) is 0 Å². The second-order valence-electron chi connectivity index (χ2n) is 7.50. The number of pyridine rings is 1. The summed E-state index contributed by atoms with van der Waals surface area (Å²) in [5, 5.41) is 13.6. The smallest absolute Gasteiger partial charge is 0.382 e. The van der Waals surface area contributed by atoms with Gasteiger partial charge in [0.05, 0.1) is 11.1 Å². The molecule has 0 radical (unpaired) electrons. The summed E-state index contributed by atoms with van der Waals surface area (Å²) < 4.78 is 40.5. The minimum absolute atomic E-state index is 0.00551. The van der Waals surface area contributed by atoms with Gasteiger partial charge in [-0.25, -0.2) is 4.98 Å². The highest BCUT2D eigenvalue weighted by Gasteiger charge is 2.37. The number of alkyl halides is 3. The van der Waals surface area contributed by atoms with Crippen molar-refractivity contribution in [2.75, 3.05) is 5.32 Å². The van der Waals surface area contributed by atoms with Crippen LogP contribution in [0.25, 0.3) is 11.0 Å². The maximum Gasteiger partial charge on any atom is 0.433 e. The van der Waals surface area contributed by atoms with Gasteiger partial charge in [0.2, 0.25) is 6.10 Å². The van der Waals surface area contributed by atoms with E-state index in [0.717, 1.165) is 28.9 Å². The zero-order valence-corrected chi connectivity index (χ0v) is 17.4. The molecule has 3 aromatic rings. The van der Waals surface area contributed by atoms with E-state index in [0.29, 0.717) is 16.7 Å². The van der Waals surface area contributed by atoms with Gasteiger partial charge >= 0.3 is 6.18 Å². The molecule has 1 saturated carbocycles. The molecule has 5 rings (SSSR count). The third kappa shape index (κ3) is 3.89. The molecule has 1 atom stereocenters. The summed E-state index contributed by atoms with van der Waals surface area (Å²) in [6, 6.07) is 8.51. The van der Waals surface area contributed by atoms with E-state index < -0.39 is 23.9 Å². The van der Waals surface area contributed by atoms with Crippen LogP contribution in [0.1, 0.15) is 42.0 Å². The molecule has 7 nitrogen and oxygen atoms in total. The number of carbonyl (C=O) groups excluding carboxylic acids is 1. The highest BCUT2D eigenvalue weighted by atomic mass is 79.9. The third-order valence-electron chi connectivity index (χ3n) is 5.23. The standard InChI is InChI=1S/C20H15BrF3N5O2/c21-11-3-1-2-10(6-11)13-8-14(31-29-13)19(30)26-18-16-12(9-4-5-9)7-15(20(22,23)24)25-17(16)27-28-18/h1-3,6-7,9,14H,4-5,8H2,(H2,25,26,27,28,30). The lowest BCUT2D eigenvalue weighted by molar-refractivity contribution is -0.141. The summed E-state index contributed by atoms with van der Waals surface area (Å²) in [4.78, 5) is 21.7. The van der Waals surface area contributed by atoms with Crippen LogP contribution >= 0.6 is 15.9 Å². The first-order chi connectivity index (χ1) is 14.8. The van der Waals surface area contributed by atoms with Crippen LogP contribution in [0.5, 0.6) is 0 Å². The number of aromatic amines is 1. The molecule has 2 N–H and O–H groups in total. The Morgan fingerprint density at radius 1 is 1.26 bits per heavy atom. The Labute approximate surface area is 182 Å². The highest BCUT2D eigenvalue weighted by Crippen LogP contribution is 2.46. The number of anilines is 1. The van der Waals surface area contributed by atoms with Gasteiger partial charge in [-0.15, -0.1) is 0 Å². The van der Waals surface area contributed by atoms with E-state index in [9.17, 15) is 18.0 Å². The van der Waals surface area contributed by atoms with Gasteiger partial charge in [-0.1, -0.05) is 33.2 Å². The molecule has 0 bridgehead atoms. The third-order valence-corrected chi connectivity index (χ3v) is 5.72. The van der Waals surface area contributed by atoms with E-state index >= 15 is 0 Å². The molecule has 2 aliphatic rings. The summed E-state index contributed by atoms with van der Waals surface area (Å²) in [5.41, 5.74) is 0.957. The first-order valence-corrected chi connectivity index (χ1v) is 10.3. The molecular weight excluding hydrogens is 479 g/mol. The Bertz CT molecular complexity index is 1220. The van der Waals surface area contributed by atoms with E-state index in [-0.39, 0.29) is 23.8 Å². The van der Waals surface area contributed by atoms with Gasteiger partial charge in [-0.2, -0.15) is 18.3 Å². The van der Waals surface area contributed by atoms with Crippen molar-refractivity contribution in [2.24, 2.45) is 5.16 Å². The number of aromatic nitrogens is 3. The second kappa shape index (κ2) is 7.33. The van der Waals surface area contributed by atoms with E-state index in [1.807, 2.05) is 24.3 Å². The van der Waals surface area contributed by atoms with Crippen LogP contribution in [0.4, 0.5) is 19.0 Å². The average molecular weight is 494 g/mol. The van der Waals surface area contributed by atoms with Crippen LogP contribution in [0.2, 0.25) is 0 Å². The molecule has 31 heavy (non-hydrogen) atoms. The summed E-state index contributed by atoms with van der Waals surface area (Å²) in [7, 11) is 0. The molecular formula is C20H15BrF3N5O2. The zero-order valence-electron chi connectivity index (χ0n) is 15.8. The number of fused-ring (bicyclic) bond motifs is 1. The van der Waals surface area contributed by atoms with Crippen molar-refractivity contribution in [2.45, 2.75) is 37.5 Å². The van der Waals surface area contributed by atoms with Gasteiger partial charge in [0, 0.05) is 16.5 Å². The van der Waals surface area contributed by atoms with Crippen molar-refractivity contribution >= 4 is 44.4 Å². The quantitative estimate of drug-likeness (QED) is 0.548. The van der Waals surface area contributed by atoms with Gasteiger partial charge in [0.1, 0.15) is 5.69 Å². The number of hydrogen-bond donors (Lipinski definition) is 2. The molecule has 3 heterocycles. The van der Waals surface area contributed by atoms with E-state index in [1.54, 1.807) is 0 Å². The largest absolute Gasteiger partial charge is 0.433 e. The predicted octanol–water partition coefficient (Wildman–Crippen LogP) is 4.75. The average Bonchev–Trinajstić information content (AvgIpc) is 3.30. The number of oxime groups is 1. The van der Waals surface area contributed by atoms with Crippen molar-refractivity contribution in [3.05, 3.63) is 51.6 Å². The van der Waals surface area contributed by atoms with E-state index in [1.165, 1.54) is 0 Å². The lowest BCUT2D eigenvalue weighted by atomic mass is 10.0. The summed E-state index contributed by atoms with van der Waals surface area (Å²) in [6.45, 7) is 0. The summed E-state index contributed by atoms with van der Waals surface area (Å²) >= 11 is 3.39. The monoisotopic (exact) mass is 493 g/mol. The van der Waals surface area contributed by atoms with Crippen molar-refractivity contribution < 1.29 is 22.8 Å². The fourth-order valence-corrected chi connectivity index (χ4v) is 3.96. The topological polar surface area (TPSA) is 92.3 Å². The second-order valence-corrected chi connectivity index (χ2v) is 8.42. The normalized spacial score (nSPS) is 18.7. The number of nitrogens with one attached hydrogen (secondary N) is 2. The van der Waals surface area contributed by atoms with Crippen LogP contribution < -0.4 is 5.32 Å². The van der Waals surface area contributed by atoms with Crippen LogP contribution in [0.3, 0.4) is 0 Å². The molecule has 1 aliphatic carbocycles. The number of carbonyl (C=O) groups is 1. The van der Waals surface area contributed by atoms with Gasteiger partial charge in [0.25, 0.3) is 5.91 Å². The summed E-state index contributed by atoms with van der Waals surface area (Å²) in [5.74, 6) is -0.347. The SMILES string of the molecule is O=C(Nc1n[nH]c2nc(C(F)(F)F)cc(C3CC3)c12)C1CC(c2cccc(Br)c2)=NO1. The number of benzene rings is 1. The van der Waals surface area contributed by atoms with Crippen molar-refractivity contribution in [3.63, 3.8) is 0 Å². The van der Waals surface area contributed by atoms with Crippen LogP contribution in [0, 0.1) is 0 Å². The molecule has 0 spiro atoms. The maximum absolute atomic E-state index is 13.2. The Morgan fingerprint density at radius 3 is 2.77 bits per heavy atom. The zero-order chi connectivity index (χ0) is 21.8. The van der Waals surface area contributed by atoms with Crippen LogP contribution in [-0.4, -0.2) is 32.9 Å². The lowest BCUT2D eigenvalue weighted by Gasteiger charge is -2.11. The first kappa shape index (κ1) is 20.0. The highest BCUT2D eigenvalue weighted by molar-refractivity contribution is 9.10. The molecule has 1 fully saturated rings. The fraction of sp³-hybridized carbons (Fsp3) is 0.300. The first-order valence-electron chi connectivity index (χ1n) is 9.55. The number of amides is 1. The number of nitrogens with zero attached hydrogens (tertiary/aromatic N) is 3. The molecule has 160 valence electrons. The van der Waals surface area contributed by atoms with Gasteiger partial charge in [-0.05, 0) is 42.5 Å². The number of halogens is 4. The maximum atomic E-state index is 13.2.